The molecule has 0 saturated carbocycles. The van der Waals surface area contributed by atoms with Gasteiger partial charge in [-0.3, -0.25) is 14.2 Å². The number of carbonyl (C=O) groups is 1. The SMILES string of the molecule is CCn1c(SCC(=O)Nc2cc(C)ccc2C)nc2c(-c3ccccc3)nsc2c1=O. The van der Waals surface area contributed by atoms with Gasteiger partial charge in [-0.25, -0.2) is 4.98 Å². The number of benzene rings is 2. The lowest BCUT2D eigenvalue weighted by molar-refractivity contribution is -0.113. The summed E-state index contributed by atoms with van der Waals surface area (Å²) in [5, 5.41) is 3.48. The molecule has 0 radical (unpaired) electrons. The van der Waals surface area contributed by atoms with Crippen LogP contribution in [-0.2, 0) is 11.3 Å². The van der Waals surface area contributed by atoms with Crippen molar-refractivity contribution in [2.24, 2.45) is 0 Å². The lowest BCUT2D eigenvalue weighted by atomic mass is 10.1. The van der Waals surface area contributed by atoms with E-state index in [0.29, 0.717) is 27.6 Å². The second kappa shape index (κ2) is 9.03. The maximum atomic E-state index is 13.0. The summed E-state index contributed by atoms with van der Waals surface area (Å²) in [4.78, 5) is 30.3. The Kier molecular flexibility index (Phi) is 6.20. The Labute approximate surface area is 188 Å². The number of amides is 1. The Bertz CT molecular complexity index is 1310. The number of thioether (sulfide) groups is 1. The highest BCUT2D eigenvalue weighted by atomic mass is 32.2. The smallest absolute Gasteiger partial charge is 0.273 e. The lowest BCUT2D eigenvalue weighted by Crippen LogP contribution is -2.23. The number of hydrogen-bond acceptors (Lipinski definition) is 6. The normalized spacial score (nSPS) is 11.1. The summed E-state index contributed by atoms with van der Waals surface area (Å²) in [5.41, 5.74) is 4.97. The number of nitrogens with zero attached hydrogens (tertiary/aromatic N) is 3. The fourth-order valence-electron chi connectivity index (χ4n) is 3.26. The van der Waals surface area contributed by atoms with Crippen molar-refractivity contribution in [1.29, 1.82) is 0 Å². The molecule has 0 spiro atoms. The molecule has 6 nitrogen and oxygen atoms in total. The van der Waals surface area contributed by atoms with Gasteiger partial charge in [-0.1, -0.05) is 54.2 Å². The molecule has 0 aliphatic rings. The minimum atomic E-state index is -0.137. The molecular weight excluding hydrogens is 428 g/mol. The molecule has 1 N–H and O–H groups in total. The Morgan fingerprint density at radius 3 is 2.68 bits per heavy atom. The average molecular weight is 451 g/mol. The summed E-state index contributed by atoms with van der Waals surface area (Å²) < 4.78 is 6.62. The minimum absolute atomic E-state index is 0.121. The number of fused-ring (bicyclic) bond motifs is 1. The summed E-state index contributed by atoms with van der Waals surface area (Å²) in [6.07, 6.45) is 0. The number of nitrogens with one attached hydrogen (secondary N) is 1. The van der Waals surface area contributed by atoms with Gasteiger partial charge in [0.25, 0.3) is 5.56 Å². The number of aromatic nitrogens is 3. The van der Waals surface area contributed by atoms with Gasteiger partial charge < -0.3 is 5.32 Å². The van der Waals surface area contributed by atoms with Crippen molar-refractivity contribution >= 4 is 45.1 Å². The molecule has 0 fully saturated rings. The van der Waals surface area contributed by atoms with Gasteiger partial charge >= 0.3 is 0 Å². The van der Waals surface area contributed by atoms with Crippen LogP contribution in [0, 0.1) is 13.8 Å². The summed E-state index contributed by atoms with van der Waals surface area (Å²) in [6, 6.07) is 15.6. The Hall–Kier alpha value is -2.97. The van der Waals surface area contributed by atoms with E-state index in [2.05, 4.69) is 9.69 Å². The van der Waals surface area contributed by atoms with Crippen molar-refractivity contribution in [3.8, 4) is 11.3 Å². The highest BCUT2D eigenvalue weighted by Crippen LogP contribution is 2.29. The van der Waals surface area contributed by atoms with Crippen molar-refractivity contribution in [2.75, 3.05) is 11.1 Å². The van der Waals surface area contributed by atoms with E-state index in [1.54, 1.807) is 4.57 Å². The van der Waals surface area contributed by atoms with E-state index in [1.165, 1.54) is 23.3 Å². The second-order valence-electron chi connectivity index (χ2n) is 7.17. The Balaban J connectivity index is 1.63. The van der Waals surface area contributed by atoms with Crippen LogP contribution in [0.1, 0.15) is 18.1 Å². The van der Waals surface area contributed by atoms with Crippen molar-refractivity contribution in [1.82, 2.24) is 13.9 Å². The molecule has 1 amide bonds. The summed E-state index contributed by atoms with van der Waals surface area (Å²) in [5.74, 6) is 0.0197. The van der Waals surface area contributed by atoms with Gasteiger partial charge in [0, 0.05) is 17.8 Å². The molecule has 8 heteroatoms. The van der Waals surface area contributed by atoms with Gasteiger partial charge in [0.15, 0.2) is 5.16 Å². The van der Waals surface area contributed by atoms with Gasteiger partial charge in [-0.15, -0.1) is 0 Å². The van der Waals surface area contributed by atoms with E-state index >= 15 is 0 Å². The van der Waals surface area contributed by atoms with E-state index in [9.17, 15) is 9.59 Å². The standard InChI is InChI=1S/C23H22N4O2S2/c1-4-27-22(29)21-20(19(26-31-21)16-8-6-5-7-9-16)25-23(27)30-13-18(28)24-17-12-14(2)10-11-15(17)3/h5-12H,4,13H2,1-3H3,(H,24,28). The second-order valence-corrected chi connectivity index (χ2v) is 8.89. The summed E-state index contributed by atoms with van der Waals surface area (Å²) in [7, 11) is 0. The van der Waals surface area contributed by atoms with Crippen LogP contribution in [0.2, 0.25) is 0 Å². The molecule has 2 heterocycles. The molecule has 0 bridgehead atoms. The first-order valence-electron chi connectivity index (χ1n) is 9.93. The van der Waals surface area contributed by atoms with E-state index in [4.69, 9.17) is 4.98 Å². The zero-order valence-corrected chi connectivity index (χ0v) is 19.1. The molecule has 2 aromatic heterocycles. The zero-order valence-electron chi connectivity index (χ0n) is 17.5. The summed E-state index contributed by atoms with van der Waals surface area (Å²) >= 11 is 2.43. The van der Waals surface area contributed by atoms with Gasteiger partial charge in [-0.05, 0) is 49.5 Å². The van der Waals surface area contributed by atoms with E-state index in [-0.39, 0.29) is 17.2 Å². The number of rotatable bonds is 6. The third kappa shape index (κ3) is 4.40. The molecule has 4 aromatic rings. The monoisotopic (exact) mass is 450 g/mol. The molecule has 0 aliphatic carbocycles. The largest absolute Gasteiger partial charge is 0.325 e. The first-order chi connectivity index (χ1) is 15.0. The van der Waals surface area contributed by atoms with Crippen molar-refractivity contribution in [3.05, 3.63) is 70.0 Å². The molecular formula is C23H22N4O2S2. The molecule has 0 atom stereocenters. The molecule has 158 valence electrons. The third-order valence-electron chi connectivity index (χ3n) is 4.91. The molecule has 0 unspecified atom stereocenters. The van der Waals surface area contributed by atoms with Gasteiger partial charge in [0.05, 0.1) is 5.75 Å². The average Bonchev–Trinajstić information content (AvgIpc) is 3.20. The molecule has 31 heavy (non-hydrogen) atoms. The highest BCUT2D eigenvalue weighted by molar-refractivity contribution is 7.99. The van der Waals surface area contributed by atoms with Crippen LogP contribution >= 0.6 is 23.3 Å². The number of anilines is 1. The number of aryl methyl sites for hydroxylation is 2. The zero-order chi connectivity index (χ0) is 22.0. The first kappa shape index (κ1) is 21.3. The predicted octanol–water partition coefficient (Wildman–Crippen LogP) is 4.89. The van der Waals surface area contributed by atoms with Crippen LogP contribution in [0.4, 0.5) is 5.69 Å². The Morgan fingerprint density at radius 2 is 1.94 bits per heavy atom. The van der Waals surface area contributed by atoms with Crippen LogP contribution in [0.3, 0.4) is 0 Å². The number of hydrogen-bond donors (Lipinski definition) is 1. The van der Waals surface area contributed by atoms with Gasteiger partial charge in [0.2, 0.25) is 5.91 Å². The van der Waals surface area contributed by atoms with E-state index in [0.717, 1.165) is 22.4 Å². The van der Waals surface area contributed by atoms with Crippen molar-refractivity contribution < 1.29 is 4.79 Å². The molecule has 4 rings (SSSR count). The maximum Gasteiger partial charge on any atom is 0.273 e. The highest BCUT2D eigenvalue weighted by Gasteiger charge is 2.18. The first-order valence-corrected chi connectivity index (χ1v) is 11.7. The van der Waals surface area contributed by atoms with Crippen LogP contribution in [0.5, 0.6) is 0 Å². The van der Waals surface area contributed by atoms with Crippen LogP contribution < -0.4 is 10.9 Å². The van der Waals surface area contributed by atoms with Gasteiger partial charge in [-0.2, -0.15) is 4.37 Å². The van der Waals surface area contributed by atoms with Gasteiger partial charge in [0.1, 0.15) is 15.9 Å². The fourth-order valence-corrected chi connectivity index (χ4v) is 4.90. The van der Waals surface area contributed by atoms with E-state index < -0.39 is 0 Å². The van der Waals surface area contributed by atoms with Crippen LogP contribution in [0.15, 0.2) is 58.5 Å². The van der Waals surface area contributed by atoms with Crippen LogP contribution in [-0.4, -0.2) is 25.6 Å². The van der Waals surface area contributed by atoms with Crippen molar-refractivity contribution in [3.63, 3.8) is 0 Å². The Morgan fingerprint density at radius 1 is 1.16 bits per heavy atom. The minimum Gasteiger partial charge on any atom is -0.325 e. The molecule has 0 aliphatic heterocycles. The number of carbonyl (C=O) groups excluding carboxylic acids is 1. The third-order valence-corrected chi connectivity index (χ3v) is 6.71. The quantitative estimate of drug-likeness (QED) is 0.334. The lowest BCUT2D eigenvalue weighted by Gasteiger charge is -2.11. The van der Waals surface area contributed by atoms with E-state index in [1.807, 2.05) is 69.3 Å². The maximum absolute atomic E-state index is 13.0. The predicted molar refractivity (Wildman–Crippen MR) is 128 cm³/mol. The topological polar surface area (TPSA) is 76.9 Å². The van der Waals surface area contributed by atoms with Crippen LogP contribution in [0.25, 0.3) is 21.5 Å². The van der Waals surface area contributed by atoms with Crippen molar-refractivity contribution in [2.45, 2.75) is 32.5 Å². The molecule has 0 saturated heterocycles. The molecule has 2 aromatic carbocycles. The fraction of sp³-hybridized carbons (Fsp3) is 0.217. The summed E-state index contributed by atoms with van der Waals surface area (Å²) in [6.45, 7) is 6.32.